The van der Waals surface area contributed by atoms with Crippen molar-refractivity contribution in [2.75, 3.05) is 26.2 Å². The lowest BCUT2D eigenvalue weighted by Crippen LogP contribution is -2.51. The van der Waals surface area contributed by atoms with E-state index in [4.69, 9.17) is 14.0 Å². The van der Waals surface area contributed by atoms with Gasteiger partial charge in [0.05, 0.1) is 16.8 Å². The molecule has 0 bridgehead atoms. The first-order valence-corrected chi connectivity index (χ1v) is 10.7. The zero-order chi connectivity index (χ0) is 24.1. The van der Waals surface area contributed by atoms with Crippen LogP contribution < -0.4 is 5.46 Å². The van der Waals surface area contributed by atoms with E-state index in [0.29, 0.717) is 0 Å². The van der Waals surface area contributed by atoms with Gasteiger partial charge in [0.2, 0.25) is 0 Å². The number of rotatable bonds is 2. The van der Waals surface area contributed by atoms with Gasteiger partial charge in [0.25, 0.3) is 5.91 Å². The monoisotopic (exact) mass is 452 g/mol. The lowest BCUT2D eigenvalue weighted by Gasteiger charge is -2.35. The normalized spacial score (nSPS) is 20.5. The molecule has 0 atom stereocenters. The Balaban J connectivity index is 1.70. The maximum atomic E-state index is 14.9. The fourth-order valence-corrected chi connectivity index (χ4v) is 3.47. The van der Waals surface area contributed by atoms with Gasteiger partial charge in [-0.25, -0.2) is 13.6 Å². The minimum absolute atomic E-state index is 0.0903. The Labute approximate surface area is 188 Å². The largest absolute Gasteiger partial charge is 0.497 e. The average molecular weight is 452 g/mol. The van der Waals surface area contributed by atoms with Gasteiger partial charge in [-0.2, -0.15) is 0 Å². The summed E-state index contributed by atoms with van der Waals surface area (Å²) >= 11 is 0. The molecule has 0 spiro atoms. The Hall–Kier alpha value is -2.20. The van der Waals surface area contributed by atoms with Crippen LogP contribution in [0.3, 0.4) is 0 Å². The molecule has 0 N–H and O–H groups in total. The summed E-state index contributed by atoms with van der Waals surface area (Å²) in [5.74, 6) is -2.26. The van der Waals surface area contributed by atoms with Crippen molar-refractivity contribution >= 4 is 24.6 Å². The maximum absolute atomic E-state index is 14.9. The zero-order valence-corrected chi connectivity index (χ0v) is 19.8. The first-order chi connectivity index (χ1) is 14.6. The molecular weight excluding hydrogens is 421 g/mol. The number of hydrogen-bond donors (Lipinski definition) is 0. The van der Waals surface area contributed by atoms with E-state index in [1.807, 2.05) is 27.7 Å². The van der Waals surface area contributed by atoms with Crippen LogP contribution in [-0.2, 0) is 14.0 Å². The Morgan fingerprint density at radius 1 is 0.938 bits per heavy atom. The smallest absolute Gasteiger partial charge is 0.444 e. The van der Waals surface area contributed by atoms with E-state index >= 15 is 0 Å². The van der Waals surface area contributed by atoms with Gasteiger partial charge in [-0.15, -0.1) is 0 Å². The first-order valence-electron chi connectivity index (χ1n) is 10.7. The second-order valence-corrected chi connectivity index (χ2v) is 10.2. The van der Waals surface area contributed by atoms with Crippen LogP contribution in [0.2, 0.25) is 0 Å². The van der Waals surface area contributed by atoms with Crippen molar-refractivity contribution in [2.45, 2.75) is 65.3 Å². The van der Waals surface area contributed by atoms with Gasteiger partial charge in [0, 0.05) is 31.6 Å². The molecule has 0 aliphatic carbocycles. The van der Waals surface area contributed by atoms with E-state index in [9.17, 15) is 18.4 Å². The summed E-state index contributed by atoms with van der Waals surface area (Å²) in [5.41, 5.74) is -2.49. The molecule has 2 amide bonds. The SMILES string of the molecule is CC(C)(C)OC(=O)N1CCN(C(=O)c2cc(F)c(B3OC(C)(C)C(C)(C)O3)cc2F)CC1. The summed E-state index contributed by atoms with van der Waals surface area (Å²) in [4.78, 5) is 27.9. The number of carbonyl (C=O) groups is 2. The molecule has 2 saturated heterocycles. The molecule has 2 aliphatic rings. The predicted molar refractivity (Wildman–Crippen MR) is 116 cm³/mol. The molecule has 32 heavy (non-hydrogen) atoms. The number of carbonyl (C=O) groups excluding carboxylic acids is 2. The minimum atomic E-state index is -1.07. The van der Waals surface area contributed by atoms with Gasteiger partial charge in [-0.1, -0.05) is 0 Å². The van der Waals surface area contributed by atoms with E-state index in [-0.39, 0.29) is 37.2 Å². The van der Waals surface area contributed by atoms with Crippen molar-refractivity contribution in [2.24, 2.45) is 0 Å². The molecule has 3 rings (SSSR count). The van der Waals surface area contributed by atoms with E-state index in [1.165, 1.54) is 9.80 Å². The second-order valence-electron chi connectivity index (χ2n) is 10.2. The molecular formula is C22H31BF2N2O5. The number of hydrogen-bond acceptors (Lipinski definition) is 5. The molecule has 176 valence electrons. The minimum Gasteiger partial charge on any atom is -0.444 e. The third-order valence-electron chi connectivity index (χ3n) is 6.04. The molecule has 2 fully saturated rings. The molecule has 10 heteroatoms. The first kappa shape index (κ1) is 24.4. The van der Waals surface area contributed by atoms with E-state index in [1.54, 1.807) is 20.8 Å². The van der Waals surface area contributed by atoms with E-state index in [0.717, 1.165) is 12.1 Å². The van der Waals surface area contributed by atoms with Crippen molar-refractivity contribution in [1.29, 1.82) is 0 Å². The van der Waals surface area contributed by atoms with Crippen molar-refractivity contribution in [1.82, 2.24) is 9.80 Å². The van der Waals surface area contributed by atoms with Crippen LogP contribution in [0.25, 0.3) is 0 Å². The fraction of sp³-hybridized carbons (Fsp3) is 0.636. The van der Waals surface area contributed by atoms with Crippen LogP contribution in [0.5, 0.6) is 0 Å². The predicted octanol–water partition coefficient (Wildman–Crippen LogP) is 2.96. The second kappa shape index (κ2) is 8.30. The van der Waals surface area contributed by atoms with Gasteiger partial charge in [0.15, 0.2) is 0 Å². The van der Waals surface area contributed by atoms with Crippen LogP contribution >= 0.6 is 0 Å². The van der Waals surface area contributed by atoms with Gasteiger partial charge in [-0.05, 0) is 60.6 Å². The topological polar surface area (TPSA) is 68.3 Å². The number of ether oxygens (including phenoxy) is 1. The number of benzene rings is 1. The highest BCUT2D eigenvalue weighted by Crippen LogP contribution is 2.36. The van der Waals surface area contributed by atoms with E-state index < -0.39 is 47.6 Å². The van der Waals surface area contributed by atoms with Gasteiger partial charge in [0.1, 0.15) is 17.2 Å². The third kappa shape index (κ3) is 4.91. The van der Waals surface area contributed by atoms with Crippen molar-refractivity contribution < 1.29 is 32.4 Å². The van der Waals surface area contributed by atoms with Gasteiger partial charge < -0.3 is 23.8 Å². The molecule has 7 nitrogen and oxygen atoms in total. The molecule has 2 heterocycles. The summed E-state index contributed by atoms with van der Waals surface area (Å²) < 4.78 is 46.7. The third-order valence-corrected chi connectivity index (χ3v) is 6.04. The Bertz CT molecular complexity index is 892. The number of piperazine rings is 1. The lowest BCUT2D eigenvalue weighted by molar-refractivity contribution is 0.00578. The molecule has 0 saturated carbocycles. The van der Waals surface area contributed by atoms with Gasteiger partial charge >= 0.3 is 13.2 Å². The molecule has 0 aromatic heterocycles. The van der Waals surface area contributed by atoms with Crippen LogP contribution in [0.4, 0.5) is 13.6 Å². The summed E-state index contributed by atoms with van der Waals surface area (Å²) in [7, 11) is -1.07. The molecule has 0 unspecified atom stereocenters. The number of halogens is 2. The number of amides is 2. The lowest BCUT2D eigenvalue weighted by atomic mass is 9.78. The van der Waals surface area contributed by atoms with Gasteiger partial charge in [-0.3, -0.25) is 4.79 Å². The van der Waals surface area contributed by atoms with Crippen LogP contribution in [0.1, 0.15) is 58.8 Å². The molecule has 1 aromatic rings. The quantitative estimate of drug-likeness (QED) is 0.646. The Kier molecular flexibility index (Phi) is 6.34. The zero-order valence-electron chi connectivity index (χ0n) is 19.8. The number of nitrogens with zero attached hydrogens (tertiary/aromatic N) is 2. The summed E-state index contributed by atoms with van der Waals surface area (Å²) in [6.07, 6.45) is -0.464. The molecule has 0 radical (unpaired) electrons. The van der Waals surface area contributed by atoms with E-state index in [2.05, 4.69) is 0 Å². The van der Waals surface area contributed by atoms with Crippen LogP contribution in [0.15, 0.2) is 12.1 Å². The highest BCUT2D eigenvalue weighted by molar-refractivity contribution is 6.62. The highest BCUT2D eigenvalue weighted by atomic mass is 19.1. The molecule has 1 aromatic carbocycles. The Morgan fingerprint density at radius 2 is 1.44 bits per heavy atom. The van der Waals surface area contributed by atoms with Crippen molar-refractivity contribution in [3.63, 3.8) is 0 Å². The van der Waals surface area contributed by atoms with Crippen molar-refractivity contribution in [3.8, 4) is 0 Å². The fourth-order valence-electron chi connectivity index (χ4n) is 3.47. The van der Waals surface area contributed by atoms with Crippen LogP contribution in [0, 0.1) is 11.6 Å². The van der Waals surface area contributed by atoms with Crippen molar-refractivity contribution in [3.05, 3.63) is 29.3 Å². The summed E-state index contributed by atoms with van der Waals surface area (Å²) in [6, 6.07) is 1.85. The Morgan fingerprint density at radius 3 is 1.94 bits per heavy atom. The average Bonchev–Trinajstić information content (AvgIpc) is 2.88. The molecule has 2 aliphatic heterocycles. The maximum Gasteiger partial charge on any atom is 0.497 e. The standard InChI is InChI=1S/C22H31BF2N2O5/c1-20(2,3)30-19(29)27-10-8-26(9-11-27)18(28)14-12-17(25)15(13-16(14)24)23-31-21(4,5)22(6,7)32-23/h12-13H,8-11H2,1-7H3. The highest BCUT2D eigenvalue weighted by Gasteiger charge is 2.52. The summed E-state index contributed by atoms with van der Waals surface area (Å²) in [5, 5.41) is 0. The van der Waals surface area contributed by atoms with Crippen LogP contribution in [-0.4, -0.2) is 71.9 Å². The summed E-state index contributed by atoms with van der Waals surface area (Å²) in [6.45, 7) is 13.5.